The number of rotatable bonds is 0. The number of carbonyl (C=O) groups is 1. The van der Waals surface area contributed by atoms with Gasteiger partial charge in [-0.3, -0.25) is 5.73 Å². The van der Waals surface area contributed by atoms with Gasteiger partial charge in [0.2, 0.25) is 0 Å². The van der Waals surface area contributed by atoms with E-state index in [1.54, 1.807) is 0 Å². The summed E-state index contributed by atoms with van der Waals surface area (Å²) < 4.78 is -0.194. The van der Waals surface area contributed by atoms with Crippen LogP contribution >= 0.6 is 0 Å². The van der Waals surface area contributed by atoms with Crippen molar-refractivity contribution >= 4 is 12.7 Å². The molecule has 4 nitrogen and oxygen atoms in total. The fourth-order valence-corrected chi connectivity index (χ4v) is 0. The number of hydrogen-bond donors (Lipinski definition) is 1. The van der Waals surface area contributed by atoms with Crippen molar-refractivity contribution in [3.05, 3.63) is 5.21 Å². The molecule has 0 unspecified atom stereocenters. The van der Waals surface area contributed by atoms with Gasteiger partial charge in [0, 0.05) is 0 Å². The van der Waals surface area contributed by atoms with Gasteiger partial charge in [0.15, 0.2) is 0 Å². The minimum Gasteiger partial charge on any atom is -0.709 e. The molecule has 0 radical (unpaired) electrons. The number of hydrogen-bond acceptors (Lipinski definition) is 2. The predicted molar refractivity (Wildman–Crippen MR) is 20.3 cm³/mol. The zero-order chi connectivity index (χ0) is 5.15. The number of hydroxylamine groups is 1. The summed E-state index contributed by atoms with van der Waals surface area (Å²) in [5, 5.41) is 9.47. The molecule has 0 spiro atoms. The number of primary amides is 1. The van der Waals surface area contributed by atoms with Crippen LogP contribution < -0.4 is 5.73 Å². The van der Waals surface area contributed by atoms with Crippen LogP contribution in [0.3, 0.4) is 0 Å². The first-order valence-electron chi connectivity index (χ1n) is 1.22. The summed E-state index contributed by atoms with van der Waals surface area (Å²) in [4.78, 5) is 9.47. The topological polar surface area (TPSA) is 69.2 Å². The fourth-order valence-electron chi connectivity index (χ4n) is 0. The standard InChI is InChI=1S/C2H4N2O2/c1-4(6)2(3)5/h1H2,(H2,3,5). The van der Waals surface area contributed by atoms with Crippen molar-refractivity contribution in [2.45, 2.75) is 0 Å². The molecule has 0 rings (SSSR count). The highest BCUT2D eigenvalue weighted by molar-refractivity contribution is 5.64. The molecule has 0 saturated carbocycles. The van der Waals surface area contributed by atoms with Crippen molar-refractivity contribution in [1.29, 1.82) is 0 Å². The second-order valence-corrected chi connectivity index (χ2v) is 0.717. The fraction of sp³-hybridized carbons (Fsp3) is 0. The number of urea groups is 1. The first-order valence-corrected chi connectivity index (χ1v) is 1.22. The molecule has 0 aromatic heterocycles. The molecular formula is C2H4N2O2. The van der Waals surface area contributed by atoms with Crippen LogP contribution in [-0.2, 0) is 0 Å². The average Bonchev–Trinajstić information content (AvgIpc) is 1.36. The maximum atomic E-state index is 9.47. The lowest BCUT2D eigenvalue weighted by atomic mass is 11.1. The lowest BCUT2D eigenvalue weighted by Gasteiger charge is -1.93. The van der Waals surface area contributed by atoms with Crippen molar-refractivity contribution in [2.24, 2.45) is 5.73 Å². The number of amides is 2. The Morgan fingerprint density at radius 2 is 2.17 bits per heavy atom. The highest BCUT2D eigenvalue weighted by Gasteiger charge is 1.89. The molecule has 0 fully saturated rings. The maximum Gasteiger partial charge on any atom is 0.491 e. The van der Waals surface area contributed by atoms with Gasteiger partial charge in [0.25, 0.3) is 0 Å². The minimum atomic E-state index is -1.07. The molecule has 0 bridgehead atoms. The molecular weight excluding hydrogens is 84.0 g/mol. The van der Waals surface area contributed by atoms with Crippen molar-refractivity contribution in [1.82, 2.24) is 0 Å². The van der Waals surface area contributed by atoms with Gasteiger partial charge in [-0.2, -0.15) is 4.79 Å². The molecule has 6 heavy (non-hydrogen) atoms. The molecule has 0 heterocycles. The van der Waals surface area contributed by atoms with E-state index in [1.165, 1.54) is 0 Å². The summed E-state index contributed by atoms with van der Waals surface area (Å²) in [6.45, 7) is 2.64. The Hall–Kier alpha value is -1.06. The van der Waals surface area contributed by atoms with Crippen molar-refractivity contribution in [2.75, 3.05) is 0 Å². The summed E-state index contributed by atoms with van der Waals surface area (Å²) >= 11 is 0. The molecule has 0 aromatic carbocycles. The van der Waals surface area contributed by atoms with E-state index in [0.717, 1.165) is 0 Å². The third kappa shape index (κ3) is 1.28. The molecule has 2 amide bonds. The van der Waals surface area contributed by atoms with Gasteiger partial charge < -0.3 is 5.21 Å². The molecule has 0 aliphatic rings. The smallest absolute Gasteiger partial charge is 0.491 e. The number of carbonyl (C=O) groups excluding carboxylic acids is 1. The van der Waals surface area contributed by atoms with E-state index in [0.29, 0.717) is 0 Å². The van der Waals surface area contributed by atoms with Crippen LogP contribution in [0.15, 0.2) is 0 Å². The van der Waals surface area contributed by atoms with Crippen LogP contribution in [0.5, 0.6) is 0 Å². The van der Waals surface area contributed by atoms with Crippen LogP contribution in [0.4, 0.5) is 4.79 Å². The third-order valence-electron chi connectivity index (χ3n) is 0.246. The lowest BCUT2D eigenvalue weighted by molar-refractivity contribution is -0.337. The van der Waals surface area contributed by atoms with E-state index < -0.39 is 6.03 Å². The lowest BCUT2D eigenvalue weighted by Crippen LogP contribution is -2.19. The monoisotopic (exact) mass is 88.0 g/mol. The Labute approximate surface area is 34.5 Å². The summed E-state index contributed by atoms with van der Waals surface area (Å²) in [6, 6.07) is -1.07. The normalized spacial score (nSPS) is 7.33. The van der Waals surface area contributed by atoms with Crippen LogP contribution in [0, 0.1) is 5.21 Å². The van der Waals surface area contributed by atoms with E-state index in [1.807, 2.05) is 0 Å². The quantitative estimate of drug-likeness (QED) is 0.184. The van der Waals surface area contributed by atoms with Gasteiger partial charge in [-0.15, -0.1) is 0 Å². The third-order valence-corrected chi connectivity index (χ3v) is 0.246. The van der Waals surface area contributed by atoms with E-state index in [-0.39, 0.29) is 4.74 Å². The molecule has 0 saturated heterocycles. The second kappa shape index (κ2) is 1.40. The summed E-state index contributed by atoms with van der Waals surface area (Å²) in [6.07, 6.45) is 0. The molecule has 4 heteroatoms. The van der Waals surface area contributed by atoms with Crippen molar-refractivity contribution < 1.29 is 9.53 Å². The Kier molecular flexibility index (Phi) is 1.15. The Balaban J connectivity index is 3.57. The van der Waals surface area contributed by atoms with Gasteiger partial charge >= 0.3 is 6.03 Å². The van der Waals surface area contributed by atoms with Gasteiger partial charge in [-0.1, -0.05) is 0 Å². The van der Waals surface area contributed by atoms with Gasteiger partial charge in [0.05, 0.1) is 6.72 Å². The van der Waals surface area contributed by atoms with Crippen LogP contribution in [0.2, 0.25) is 0 Å². The number of nitrogens with two attached hydrogens (primary N) is 1. The van der Waals surface area contributed by atoms with E-state index in [2.05, 4.69) is 12.5 Å². The molecule has 0 aliphatic heterocycles. The molecule has 34 valence electrons. The van der Waals surface area contributed by atoms with E-state index in [9.17, 15) is 10.0 Å². The van der Waals surface area contributed by atoms with Crippen molar-refractivity contribution in [3.8, 4) is 0 Å². The Morgan fingerprint density at radius 1 is 2.00 bits per heavy atom. The van der Waals surface area contributed by atoms with Crippen LogP contribution in [-0.4, -0.2) is 17.5 Å². The van der Waals surface area contributed by atoms with Gasteiger partial charge in [0.1, 0.15) is 0 Å². The highest BCUT2D eigenvalue weighted by atomic mass is 16.5. The van der Waals surface area contributed by atoms with Crippen LogP contribution in [0.1, 0.15) is 0 Å². The molecule has 0 atom stereocenters. The van der Waals surface area contributed by atoms with Gasteiger partial charge in [-0.05, 0) is 0 Å². The van der Waals surface area contributed by atoms with E-state index >= 15 is 0 Å². The molecule has 0 aromatic rings. The highest BCUT2D eigenvalue weighted by Crippen LogP contribution is 1.58. The summed E-state index contributed by atoms with van der Waals surface area (Å²) in [7, 11) is 0. The second-order valence-electron chi connectivity index (χ2n) is 0.717. The predicted octanol–water partition coefficient (Wildman–Crippen LogP) is -0.724. The summed E-state index contributed by atoms with van der Waals surface area (Å²) in [5.74, 6) is 0. The average molecular weight is 88.1 g/mol. The van der Waals surface area contributed by atoms with Gasteiger partial charge in [-0.25, -0.2) is 4.74 Å². The Bertz CT molecular complexity index is 75.5. The first kappa shape index (κ1) is 4.94. The largest absolute Gasteiger partial charge is 0.709 e. The first-order chi connectivity index (χ1) is 2.64. The number of nitrogens with zero attached hydrogens (tertiary/aromatic N) is 1. The van der Waals surface area contributed by atoms with Crippen LogP contribution in [0.25, 0.3) is 0 Å². The molecule has 2 N–H and O–H groups in total. The Morgan fingerprint density at radius 3 is 2.17 bits per heavy atom. The minimum absolute atomic E-state index is 0.194. The molecule has 0 aliphatic carbocycles. The SMILES string of the molecule is C=[N+]([O-])C(N)=O. The maximum absolute atomic E-state index is 9.47. The van der Waals surface area contributed by atoms with Crippen molar-refractivity contribution in [3.63, 3.8) is 0 Å². The zero-order valence-electron chi connectivity index (χ0n) is 3.05. The zero-order valence-corrected chi connectivity index (χ0v) is 3.05. The van der Waals surface area contributed by atoms with E-state index in [4.69, 9.17) is 0 Å². The summed E-state index contributed by atoms with van der Waals surface area (Å²) in [5.41, 5.74) is 4.35.